The zero-order valence-corrected chi connectivity index (χ0v) is 10.0. The van der Waals surface area contributed by atoms with E-state index in [-0.39, 0.29) is 5.17 Å². The largest absolute Gasteiger partial charge is 0.388 e. The molecule has 0 atom stereocenters. The standard InChI is InChI=1S/C10H13N5S/c1-7(11)16-10(12)15-14-9-5-3-8(13-2)4-6-9/h3-6,11-13H,1-2H3/p+1. The summed E-state index contributed by atoms with van der Waals surface area (Å²) in [5, 5.41) is 24.2. The molecule has 4 N–H and O–H groups in total. The van der Waals surface area contributed by atoms with E-state index in [2.05, 4.69) is 15.5 Å². The Kier molecular flexibility index (Phi) is 4.65. The van der Waals surface area contributed by atoms with Crippen LogP contribution in [0.2, 0.25) is 0 Å². The molecule has 0 heterocycles. The normalized spacial score (nSPS) is 10.4. The number of nitrogens with one attached hydrogen (secondary N) is 2. The molecular weight excluding hydrogens is 222 g/mol. The molecule has 0 bridgehead atoms. The van der Waals surface area contributed by atoms with Crippen LogP contribution in [0.1, 0.15) is 6.92 Å². The van der Waals surface area contributed by atoms with Gasteiger partial charge in [0.05, 0.1) is 5.69 Å². The van der Waals surface area contributed by atoms with Crippen LogP contribution in [0.3, 0.4) is 0 Å². The molecule has 0 aliphatic carbocycles. The van der Waals surface area contributed by atoms with Crippen LogP contribution in [-0.2, 0) is 0 Å². The molecule has 16 heavy (non-hydrogen) atoms. The van der Waals surface area contributed by atoms with Gasteiger partial charge in [-0.25, -0.2) is 0 Å². The minimum absolute atomic E-state index is 0.0812. The first-order chi connectivity index (χ1) is 7.61. The van der Waals surface area contributed by atoms with Gasteiger partial charge in [0.2, 0.25) is 10.2 Å². The quantitative estimate of drug-likeness (QED) is 0.414. The number of nitrogens with two attached hydrogens (primary N) is 1. The fourth-order valence-electron chi connectivity index (χ4n) is 0.971. The van der Waals surface area contributed by atoms with Crippen molar-refractivity contribution in [2.24, 2.45) is 10.2 Å². The lowest BCUT2D eigenvalue weighted by atomic mass is 10.3. The van der Waals surface area contributed by atoms with Crippen LogP contribution >= 0.6 is 11.8 Å². The molecular formula is C10H14N5S+. The smallest absolute Gasteiger partial charge is 0.212 e. The number of rotatable bonds is 2. The fourth-order valence-corrected chi connectivity index (χ4v) is 1.36. The third-order valence-corrected chi connectivity index (χ3v) is 2.27. The summed E-state index contributed by atoms with van der Waals surface area (Å²) in [7, 11) is 1.85. The van der Waals surface area contributed by atoms with E-state index in [0.717, 1.165) is 17.4 Å². The Balaban J connectivity index is 2.62. The van der Waals surface area contributed by atoms with E-state index in [1.165, 1.54) is 0 Å². The second-order valence-corrected chi connectivity index (χ2v) is 4.25. The molecule has 0 radical (unpaired) electrons. The van der Waals surface area contributed by atoms with Gasteiger partial charge in [-0.3, -0.25) is 10.8 Å². The lowest BCUT2D eigenvalue weighted by Crippen LogP contribution is -2.35. The van der Waals surface area contributed by atoms with Crippen LogP contribution in [-0.4, -0.2) is 17.3 Å². The maximum atomic E-state index is 7.44. The minimum Gasteiger partial charge on any atom is -0.388 e. The topological polar surface area (TPSA) is 86.2 Å². The molecule has 5 nitrogen and oxygen atoms in total. The summed E-state index contributed by atoms with van der Waals surface area (Å²) in [5.41, 5.74) is 1.72. The Morgan fingerprint density at radius 2 is 2.00 bits per heavy atom. The number of hydrogen-bond acceptors (Lipinski definition) is 4. The van der Waals surface area contributed by atoms with Gasteiger partial charge in [0.1, 0.15) is 0 Å². The van der Waals surface area contributed by atoms with Crippen LogP contribution in [0.15, 0.2) is 34.5 Å². The van der Waals surface area contributed by atoms with Crippen LogP contribution in [0, 0.1) is 5.41 Å². The maximum Gasteiger partial charge on any atom is 0.212 e. The Hall–Kier alpha value is -1.69. The van der Waals surface area contributed by atoms with E-state index in [1.54, 1.807) is 6.92 Å². The van der Waals surface area contributed by atoms with Gasteiger partial charge in [0.15, 0.2) is 0 Å². The van der Waals surface area contributed by atoms with Crippen molar-refractivity contribution in [2.45, 2.75) is 6.92 Å². The molecule has 0 amide bonds. The van der Waals surface area contributed by atoms with Crippen LogP contribution in [0.25, 0.3) is 0 Å². The monoisotopic (exact) mass is 236 g/mol. The zero-order chi connectivity index (χ0) is 12.0. The molecule has 84 valence electrons. The van der Waals surface area contributed by atoms with Crippen molar-refractivity contribution in [2.75, 3.05) is 12.4 Å². The van der Waals surface area contributed by atoms with Crippen molar-refractivity contribution in [3.05, 3.63) is 24.3 Å². The molecule has 0 unspecified atom stereocenters. The van der Waals surface area contributed by atoms with Crippen LogP contribution in [0.4, 0.5) is 11.4 Å². The lowest BCUT2D eigenvalue weighted by Gasteiger charge is -1.98. The highest BCUT2D eigenvalue weighted by atomic mass is 32.2. The van der Waals surface area contributed by atoms with Gasteiger partial charge >= 0.3 is 0 Å². The van der Waals surface area contributed by atoms with Gasteiger partial charge in [-0.2, -0.15) is 0 Å². The average Bonchev–Trinajstić information content (AvgIpc) is 2.26. The summed E-state index contributed by atoms with van der Waals surface area (Å²) < 4.78 is 0. The van der Waals surface area contributed by atoms with Crippen molar-refractivity contribution in [1.29, 1.82) is 5.41 Å². The van der Waals surface area contributed by atoms with Crippen molar-refractivity contribution in [1.82, 2.24) is 0 Å². The lowest BCUT2D eigenvalue weighted by molar-refractivity contribution is -0.109. The fraction of sp³-hybridized carbons (Fsp3) is 0.200. The molecule has 0 aliphatic heterocycles. The summed E-state index contributed by atoms with van der Waals surface area (Å²) in [4.78, 5) is 0. The molecule has 0 saturated carbocycles. The zero-order valence-electron chi connectivity index (χ0n) is 9.19. The Morgan fingerprint density at radius 1 is 1.38 bits per heavy atom. The number of benzene rings is 1. The molecule has 0 aliphatic rings. The summed E-state index contributed by atoms with van der Waals surface area (Å²) in [6, 6.07) is 7.44. The number of amidine groups is 1. The second kappa shape index (κ2) is 6.02. The highest BCUT2D eigenvalue weighted by Gasteiger charge is 2.00. The first-order valence-electron chi connectivity index (χ1n) is 4.67. The Bertz CT molecular complexity index is 410. The van der Waals surface area contributed by atoms with Crippen molar-refractivity contribution in [3.63, 3.8) is 0 Å². The van der Waals surface area contributed by atoms with Gasteiger partial charge in [-0.05, 0) is 24.3 Å². The highest BCUT2D eigenvalue weighted by Crippen LogP contribution is 2.17. The van der Waals surface area contributed by atoms with E-state index >= 15 is 0 Å². The molecule has 1 aromatic carbocycles. The van der Waals surface area contributed by atoms with Crippen molar-refractivity contribution < 1.29 is 5.41 Å². The van der Waals surface area contributed by atoms with Crippen molar-refractivity contribution in [3.8, 4) is 0 Å². The molecule has 1 rings (SSSR count). The van der Waals surface area contributed by atoms with Crippen molar-refractivity contribution >= 4 is 33.3 Å². The van der Waals surface area contributed by atoms with Crippen LogP contribution < -0.4 is 10.7 Å². The second-order valence-electron chi connectivity index (χ2n) is 3.01. The van der Waals surface area contributed by atoms with E-state index in [0.29, 0.717) is 10.7 Å². The first-order valence-corrected chi connectivity index (χ1v) is 5.48. The van der Waals surface area contributed by atoms with E-state index < -0.39 is 0 Å². The number of thioether (sulfide) groups is 1. The molecule has 1 aromatic rings. The summed E-state index contributed by atoms with van der Waals surface area (Å²) in [6.45, 7) is 1.72. The molecule has 0 saturated heterocycles. The van der Waals surface area contributed by atoms with E-state index in [9.17, 15) is 0 Å². The Labute approximate surface area is 98.4 Å². The first kappa shape index (κ1) is 12.4. The predicted octanol–water partition coefficient (Wildman–Crippen LogP) is 1.66. The maximum absolute atomic E-state index is 7.44. The van der Waals surface area contributed by atoms with Gasteiger partial charge < -0.3 is 5.32 Å². The number of nitrogens with zero attached hydrogens (tertiary/aromatic N) is 2. The van der Waals surface area contributed by atoms with Gasteiger partial charge in [-0.15, -0.1) is 10.2 Å². The average molecular weight is 236 g/mol. The number of hydrogen-bond donors (Lipinski definition) is 3. The Morgan fingerprint density at radius 3 is 2.50 bits per heavy atom. The van der Waals surface area contributed by atoms with E-state index in [4.69, 9.17) is 10.8 Å². The molecule has 0 fully saturated rings. The van der Waals surface area contributed by atoms with E-state index in [1.807, 2.05) is 31.3 Å². The van der Waals surface area contributed by atoms with Gasteiger partial charge in [0, 0.05) is 31.4 Å². The summed E-state index contributed by atoms with van der Waals surface area (Å²) in [6.07, 6.45) is 0. The van der Waals surface area contributed by atoms with Crippen LogP contribution in [0.5, 0.6) is 0 Å². The third kappa shape index (κ3) is 4.22. The SMILES string of the molecule is CNc1ccc(N=NC(=N)SC(C)=[NH2+])cc1. The predicted molar refractivity (Wildman–Crippen MR) is 68.4 cm³/mol. The van der Waals surface area contributed by atoms with Gasteiger partial charge in [0.25, 0.3) is 0 Å². The van der Waals surface area contributed by atoms with Gasteiger partial charge in [-0.1, -0.05) is 0 Å². The summed E-state index contributed by atoms with van der Waals surface area (Å²) in [5.74, 6) is 0. The minimum atomic E-state index is 0.0812. The number of anilines is 1. The highest BCUT2D eigenvalue weighted by molar-refractivity contribution is 8.26. The third-order valence-electron chi connectivity index (χ3n) is 1.67. The molecule has 0 aromatic heterocycles. The molecule has 6 heteroatoms. The number of azo groups is 1. The molecule has 0 spiro atoms. The summed E-state index contributed by atoms with van der Waals surface area (Å²) >= 11 is 1.09.